The number of nitrogens with zero attached hydrogens (tertiary/aromatic N) is 1. The van der Waals surface area contributed by atoms with Gasteiger partial charge in [-0.3, -0.25) is 4.99 Å². The van der Waals surface area contributed by atoms with Gasteiger partial charge in [0.25, 0.3) is 0 Å². The Hall–Kier alpha value is -2.64. The number of carbonyl (C=O) groups excluding carboxylic acids is 1. The second-order valence-electron chi connectivity index (χ2n) is 7.15. The highest BCUT2D eigenvalue weighted by Crippen LogP contribution is 2.27. The van der Waals surface area contributed by atoms with E-state index in [4.69, 9.17) is 14.2 Å². The molecule has 0 saturated heterocycles. The van der Waals surface area contributed by atoms with Crippen LogP contribution in [-0.2, 0) is 11.2 Å². The van der Waals surface area contributed by atoms with Gasteiger partial charge in [0.15, 0.2) is 17.5 Å². The third kappa shape index (κ3) is 9.34. The largest absolute Gasteiger partial charge is 0.493 e. The third-order valence-corrected chi connectivity index (χ3v) is 3.69. The molecule has 0 spiro atoms. The number of amides is 1. The Kier molecular flexibility index (Phi) is 9.98. The van der Waals surface area contributed by atoms with Gasteiger partial charge in [0, 0.05) is 26.7 Å². The molecule has 1 amide bonds. The molecule has 0 aromatic heterocycles. The Bertz CT molecular complexity index is 642. The first kappa shape index (κ1) is 23.4. The Balaban J connectivity index is 2.25. The van der Waals surface area contributed by atoms with Crippen LogP contribution >= 0.6 is 0 Å². The van der Waals surface area contributed by atoms with Crippen LogP contribution in [0.4, 0.5) is 4.79 Å². The number of alkyl carbamates (subject to hydrolysis) is 1. The van der Waals surface area contributed by atoms with Gasteiger partial charge >= 0.3 is 6.09 Å². The molecule has 1 aromatic carbocycles. The highest BCUT2D eigenvalue weighted by molar-refractivity contribution is 5.79. The number of hydrogen-bond donors (Lipinski definition) is 3. The van der Waals surface area contributed by atoms with E-state index in [9.17, 15) is 4.79 Å². The summed E-state index contributed by atoms with van der Waals surface area (Å²) in [5.74, 6) is 2.16. The zero-order valence-electron chi connectivity index (χ0n) is 17.8. The molecule has 0 unspecified atom stereocenters. The van der Waals surface area contributed by atoms with Crippen molar-refractivity contribution in [3.63, 3.8) is 0 Å². The molecule has 28 heavy (non-hydrogen) atoms. The molecular weight excluding hydrogens is 360 g/mol. The van der Waals surface area contributed by atoms with Gasteiger partial charge < -0.3 is 30.2 Å². The minimum atomic E-state index is -0.497. The number of rotatable bonds is 9. The van der Waals surface area contributed by atoms with E-state index in [0.717, 1.165) is 30.9 Å². The summed E-state index contributed by atoms with van der Waals surface area (Å²) in [6, 6.07) is 5.95. The van der Waals surface area contributed by atoms with Crippen LogP contribution in [0.1, 0.15) is 32.8 Å². The fourth-order valence-electron chi connectivity index (χ4n) is 2.42. The summed E-state index contributed by atoms with van der Waals surface area (Å²) in [6.45, 7) is 7.26. The van der Waals surface area contributed by atoms with Gasteiger partial charge in [-0.15, -0.1) is 0 Å². The fraction of sp³-hybridized carbons (Fsp3) is 0.600. The standard InChI is InChI=1S/C20H34N4O4/c1-20(2,3)28-19(25)24-13-12-23-18(21-4)22-11-7-8-15-9-10-16(26-5)17(14-15)27-6/h9-10,14H,7-8,11-13H2,1-6H3,(H,24,25)(H2,21,22,23). The summed E-state index contributed by atoms with van der Waals surface area (Å²) >= 11 is 0. The summed E-state index contributed by atoms with van der Waals surface area (Å²) in [7, 11) is 4.98. The minimum Gasteiger partial charge on any atom is -0.493 e. The molecule has 0 heterocycles. The number of guanidine groups is 1. The average molecular weight is 395 g/mol. The summed E-state index contributed by atoms with van der Waals surface area (Å²) in [6.07, 6.45) is 1.42. The second-order valence-corrected chi connectivity index (χ2v) is 7.15. The first-order valence-corrected chi connectivity index (χ1v) is 9.41. The number of nitrogens with one attached hydrogen (secondary N) is 3. The third-order valence-electron chi connectivity index (χ3n) is 3.69. The smallest absolute Gasteiger partial charge is 0.407 e. The van der Waals surface area contributed by atoms with E-state index in [1.165, 1.54) is 5.56 Å². The van der Waals surface area contributed by atoms with Crippen molar-refractivity contribution in [3.8, 4) is 11.5 Å². The molecule has 0 aliphatic carbocycles. The Morgan fingerprint density at radius 1 is 1.00 bits per heavy atom. The molecule has 1 rings (SSSR count). The van der Waals surface area contributed by atoms with E-state index in [1.54, 1.807) is 21.3 Å². The van der Waals surface area contributed by atoms with Crippen molar-refractivity contribution in [3.05, 3.63) is 23.8 Å². The number of benzene rings is 1. The SMILES string of the molecule is CN=C(NCCCc1ccc(OC)c(OC)c1)NCCNC(=O)OC(C)(C)C. The van der Waals surface area contributed by atoms with E-state index in [2.05, 4.69) is 20.9 Å². The predicted octanol–water partition coefficient (Wildman–Crippen LogP) is 2.33. The van der Waals surface area contributed by atoms with Gasteiger partial charge in [-0.2, -0.15) is 0 Å². The van der Waals surface area contributed by atoms with Crippen molar-refractivity contribution >= 4 is 12.1 Å². The fourth-order valence-corrected chi connectivity index (χ4v) is 2.42. The van der Waals surface area contributed by atoms with Crippen LogP contribution in [0.25, 0.3) is 0 Å². The lowest BCUT2D eigenvalue weighted by Gasteiger charge is -2.19. The predicted molar refractivity (Wildman–Crippen MR) is 111 cm³/mol. The number of ether oxygens (including phenoxy) is 3. The monoisotopic (exact) mass is 394 g/mol. The number of methoxy groups -OCH3 is 2. The highest BCUT2D eigenvalue weighted by atomic mass is 16.6. The van der Waals surface area contributed by atoms with Gasteiger partial charge in [-0.1, -0.05) is 6.07 Å². The topological polar surface area (TPSA) is 93.2 Å². The van der Waals surface area contributed by atoms with Gasteiger partial charge in [0.05, 0.1) is 14.2 Å². The molecule has 0 aliphatic rings. The lowest BCUT2D eigenvalue weighted by molar-refractivity contribution is 0.0529. The first-order valence-electron chi connectivity index (χ1n) is 9.41. The van der Waals surface area contributed by atoms with Crippen molar-refractivity contribution in [2.24, 2.45) is 4.99 Å². The molecule has 8 heteroatoms. The van der Waals surface area contributed by atoms with E-state index < -0.39 is 11.7 Å². The van der Waals surface area contributed by atoms with Gasteiger partial charge in [0.2, 0.25) is 0 Å². The summed E-state index contributed by atoms with van der Waals surface area (Å²) < 4.78 is 15.8. The molecule has 0 radical (unpaired) electrons. The van der Waals surface area contributed by atoms with Crippen molar-refractivity contribution in [2.75, 3.05) is 40.9 Å². The van der Waals surface area contributed by atoms with Crippen LogP contribution in [0.5, 0.6) is 11.5 Å². The lowest BCUT2D eigenvalue weighted by Crippen LogP contribution is -2.42. The summed E-state index contributed by atoms with van der Waals surface area (Å²) in [5, 5.41) is 9.11. The Morgan fingerprint density at radius 2 is 1.64 bits per heavy atom. The number of aryl methyl sites for hydroxylation is 1. The van der Waals surface area contributed by atoms with E-state index >= 15 is 0 Å². The van der Waals surface area contributed by atoms with Crippen molar-refractivity contribution in [1.29, 1.82) is 0 Å². The van der Waals surface area contributed by atoms with Crippen molar-refractivity contribution in [1.82, 2.24) is 16.0 Å². The molecule has 0 bridgehead atoms. The van der Waals surface area contributed by atoms with Crippen LogP contribution in [-0.4, -0.2) is 58.6 Å². The number of aliphatic imine (C=N–C) groups is 1. The normalized spacial score (nSPS) is 11.6. The number of hydrogen-bond acceptors (Lipinski definition) is 5. The molecular formula is C20H34N4O4. The van der Waals surface area contributed by atoms with Crippen LogP contribution in [0.3, 0.4) is 0 Å². The molecule has 3 N–H and O–H groups in total. The zero-order chi connectivity index (χ0) is 21.0. The Labute approximate surface area is 168 Å². The van der Waals surface area contributed by atoms with Gasteiger partial charge in [-0.25, -0.2) is 4.79 Å². The number of carbonyl (C=O) groups is 1. The van der Waals surface area contributed by atoms with Crippen LogP contribution in [0.2, 0.25) is 0 Å². The van der Waals surface area contributed by atoms with E-state index in [-0.39, 0.29) is 0 Å². The second kappa shape index (κ2) is 11.9. The first-order chi connectivity index (χ1) is 13.3. The summed E-state index contributed by atoms with van der Waals surface area (Å²) in [4.78, 5) is 15.8. The zero-order valence-corrected chi connectivity index (χ0v) is 17.8. The van der Waals surface area contributed by atoms with Crippen molar-refractivity contribution < 1.29 is 19.0 Å². The van der Waals surface area contributed by atoms with Gasteiger partial charge in [0.1, 0.15) is 5.60 Å². The van der Waals surface area contributed by atoms with Crippen LogP contribution in [0.15, 0.2) is 23.2 Å². The maximum absolute atomic E-state index is 11.6. The summed E-state index contributed by atoms with van der Waals surface area (Å²) in [5.41, 5.74) is 0.687. The van der Waals surface area contributed by atoms with Gasteiger partial charge in [-0.05, 0) is 51.3 Å². The Morgan fingerprint density at radius 3 is 2.25 bits per heavy atom. The minimum absolute atomic E-state index is 0.424. The maximum Gasteiger partial charge on any atom is 0.407 e. The lowest BCUT2D eigenvalue weighted by atomic mass is 10.1. The van der Waals surface area contributed by atoms with Crippen molar-refractivity contribution in [2.45, 2.75) is 39.2 Å². The molecule has 1 aromatic rings. The van der Waals surface area contributed by atoms with Crippen LogP contribution in [0, 0.1) is 0 Å². The average Bonchev–Trinajstić information content (AvgIpc) is 2.65. The highest BCUT2D eigenvalue weighted by Gasteiger charge is 2.15. The molecule has 0 saturated carbocycles. The molecule has 0 atom stereocenters. The van der Waals surface area contributed by atoms with Crippen LogP contribution < -0.4 is 25.4 Å². The maximum atomic E-state index is 11.6. The molecule has 0 aliphatic heterocycles. The van der Waals surface area contributed by atoms with E-state index in [0.29, 0.717) is 19.0 Å². The van der Waals surface area contributed by atoms with E-state index in [1.807, 2.05) is 39.0 Å². The molecule has 158 valence electrons. The molecule has 0 fully saturated rings. The quantitative estimate of drug-likeness (QED) is 0.338. The molecule has 8 nitrogen and oxygen atoms in total.